The number of pyridine rings is 1. The molecule has 0 aliphatic rings. The Balaban J connectivity index is 1.60. The molecule has 4 aromatic rings. The SMILES string of the molecule is COc1ccc(CNCc2cc(OC)c(-n3nc(I)c4cnc(Cl)cc43)cc2Cl)c(OC)c1. The Morgan fingerprint density at radius 3 is 2.42 bits per heavy atom. The van der Waals surface area contributed by atoms with Gasteiger partial charge in [-0.1, -0.05) is 29.3 Å². The maximum absolute atomic E-state index is 6.66. The van der Waals surface area contributed by atoms with Crippen LogP contribution in [0, 0.1) is 3.70 Å². The lowest BCUT2D eigenvalue weighted by atomic mass is 10.1. The first kappa shape index (κ1) is 23.9. The van der Waals surface area contributed by atoms with E-state index in [1.165, 1.54) is 0 Å². The number of methoxy groups -OCH3 is 3. The van der Waals surface area contributed by atoms with Crippen LogP contribution >= 0.6 is 45.8 Å². The number of rotatable bonds is 8. The van der Waals surface area contributed by atoms with Crippen LogP contribution in [-0.4, -0.2) is 36.1 Å². The number of nitrogens with zero attached hydrogens (tertiary/aromatic N) is 3. The summed E-state index contributed by atoms with van der Waals surface area (Å²) in [5, 5.41) is 9.94. The summed E-state index contributed by atoms with van der Waals surface area (Å²) >= 11 is 15.0. The lowest BCUT2D eigenvalue weighted by Crippen LogP contribution is -2.14. The van der Waals surface area contributed by atoms with E-state index in [-0.39, 0.29) is 0 Å². The molecule has 0 atom stereocenters. The van der Waals surface area contributed by atoms with Crippen molar-refractivity contribution in [3.63, 3.8) is 0 Å². The van der Waals surface area contributed by atoms with E-state index in [1.54, 1.807) is 38.3 Å². The van der Waals surface area contributed by atoms with E-state index in [9.17, 15) is 0 Å². The van der Waals surface area contributed by atoms with Crippen molar-refractivity contribution in [1.29, 1.82) is 0 Å². The maximum Gasteiger partial charge on any atom is 0.144 e. The van der Waals surface area contributed by atoms with Crippen LogP contribution in [0.2, 0.25) is 10.2 Å². The van der Waals surface area contributed by atoms with Crippen molar-refractivity contribution in [2.75, 3.05) is 21.3 Å². The fourth-order valence-electron chi connectivity index (χ4n) is 3.51. The van der Waals surface area contributed by atoms with Crippen LogP contribution < -0.4 is 19.5 Å². The average Bonchev–Trinajstić information content (AvgIpc) is 3.15. The Morgan fingerprint density at radius 1 is 0.939 bits per heavy atom. The zero-order chi connectivity index (χ0) is 23.5. The van der Waals surface area contributed by atoms with Crippen LogP contribution in [-0.2, 0) is 13.1 Å². The summed E-state index contributed by atoms with van der Waals surface area (Å²) in [7, 11) is 4.89. The molecule has 1 N–H and O–H groups in total. The third-order valence-corrected chi connectivity index (χ3v) is 6.54. The van der Waals surface area contributed by atoms with Gasteiger partial charge in [0.2, 0.25) is 0 Å². The van der Waals surface area contributed by atoms with Crippen molar-refractivity contribution in [2.45, 2.75) is 13.1 Å². The molecule has 4 rings (SSSR count). The molecule has 0 spiro atoms. The van der Waals surface area contributed by atoms with Crippen LogP contribution in [0.25, 0.3) is 16.6 Å². The third kappa shape index (κ3) is 4.98. The summed E-state index contributed by atoms with van der Waals surface area (Å²) < 4.78 is 19.0. The van der Waals surface area contributed by atoms with Gasteiger partial charge in [-0.25, -0.2) is 9.67 Å². The van der Waals surface area contributed by atoms with E-state index in [0.29, 0.717) is 29.0 Å². The predicted molar refractivity (Wildman–Crippen MR) is 138 cm³/mol. The van der Waals surface area contributed by atoms with Gasteiger partial charge in [0.25, 0.3) is 0 Å². The standard InChI is InChI=1S/C23H21Cl2IN4O3/c1-31-15-5-4-13(20(7-15)32-2)10-27-11-14-6-21(33-3)19(8-17(14)24)30-18-9-22(25)28-12-16(18)23(26)29-30/h4-9,12,27H,10-11H2,1-3H3. The van der Waals surface area contributed by atoms with Crippen molar-refractivity contribution in [2.24, 2.45) is 0 Å². The van der Waals surface area contributed by atoms with E-state index in [0.717, 1.165) is 42.9 Å². The summed E-state index contributed by atoms with van der Waals surface area (Å²) in [5.41, 5.74) is 3.46. The number of hydrogen-bond acceptors (Lipinski definition) is 6. The van der Waals surface area contributed by atoms with Crippen molar-refractivity contribution in [1.82, 2.24) is 20.1 Å². The lowest BCUT2D eigenvalue weighted by molar-refractivity contribution is 0.389. The van der Waals surface area contributed by atoms with E-state index in [4.69, 9.17) is 37.4 Å². The van der Waals surface area contributed by atoms with Gasteiger partial charge >= 0.3 is 0 Å². The molecule has 0 saturated heterocycles. The quantitative estimate of drug-likeness (QED) is 0.209. The summed E-state index contributed by atoms with van der Waals surface area (Å²) in [6.07, 6.45) is 1.71. The Bertz CT molecular complexity index is 1310. The van der Waals surface area contributed by atoms with Gasteiger partial charge in [0.1, 0.15) is 31.8 Å². The van der Waals surface area contributed by atoms with E-state index in [2.05, 4.69) is 38.0 Å². The zero-order valence-electron chi connectivity index (χ0n) is 18.2. The minimum atomic E-state index is 0.389. The summed E-state index contributed by atoms with van der Waals surface area (Å²) in [4.78, 5) is 4.16. The monoisotopic (exact) mass is 598 g/mol. The highest BCUT2D eigenvalue weighted by molar-refractivity contribution is 14.1. The van der Waals surface area contributed by atoms with Crippen molar-refractivity contribution >= 4 is 56.7 Å². The number of fused-ring (bicyclic) bond motifs is 1. The second kappa shape index (κ2) is 10.3. The van der Waals surface area contributed by atoms with E-state index >= 15 is 0 Å². The number of hydrogen-bond donors (Lipinski definition) is 1. The molecule has 2 heterocycles. The molecule has 0 radical (unpaired) electrons. The summed E-state index contributed by atoms with van der Waals surface area (Å²) in [6, 6.07) is 11.3. The number of aromatic nitrogens is 3. The Hall–Kier alpha value is -2.27. The molecular weight excluding hydrogens is 578 g/mol. The number of benzene rings is 2. The zero-order valence-corrected chi connectivity index (χ0v) is 21.8. The minimum Gasteiger partial charge on any atom is -0.497 e. The van der Waals surface area contributed by atoms with Crippen molar-refractivity contribution < 1.29 is 14.2 Å². The maximum atomic E-state index is 6.66. The fraction of sp³-hybridized carbons (Fsp3) is 0.217. The summed E-state index contributed by atoms with van der Waals surface area (Å²) in [5.74, 6) is 2.15. The molecule has 172 valence electrons. The average molecular weight is 599 g/mol. The molecule has 0 aliphatic heterocycles. The minimum absolute atomic E-state index is 0.389. The normalized spacial score (nSPS) is 11.1. The molecule has 33 heavy (non-hydrogen) atoms. The van der Waals surface area contributed by atoms with Crippen LogP contribution in [0.5, 0.6) is 17.2 Å². The molecule has 2 aromatic heterocycles. The predicted octanol–water partition coefficient (Wildman–Crippen LogP) is 5.65. The van der Waals surface area contributed by atoms with Crippen molar-refractivity contribution in [3.05, 3.63) is 67.6 Å². The van der Waals surface area contributed by atoms with Crippen molar-refractivity contribution in [3.8, 4) is 22.9 Å². The van der Waals surface area contributed by atoms with Gasteiger partial charge in [-0.15, -0.1) is 0 Å². The molecule has 0 bridgehead atoms. The highest BCUT2D eigenvalue weighted by atomic mass is 127. The number of nitrogens with one attached hydrogen (secondary N) is 1. The molecular formula is C23H21Cl2IN4O3. The highest BCUT2D eigenvalue weighted by Gasteiger charge is 2.17. The van der Waals surface area contributed by atoms with Gasteiger partial charge in [-0.2, -0.15) is 5.10 Å². The number of ether oxygens (including phenoxy) is 3. The third-order valence-electron chi connectivity index (χ3n) is 5.19. The van der Waals surface area contributed by atoms with Gasteiger partial charge in [0.05, 0.1) is 32.2 Å². The van der Waals surface area contributed by atoms with E-state index in [1.807, 2.05) is 30.3 Å². The molecule has 0 saturated carbocycles. The molecule has 0 fully saturated rings. The second-order valence-corrected chi connectivity index (χ2v) is 8.94. The Labute approximate surface area is 215 Å². The van der Waals surface area contributed by atoms with Gasteiger partial charge in [0.15, 0.2) is 0 Å². The van der Waals surface area contributed by atoms with E-state index < -0.39 is 0 Å². The highest BCUT2D eigenvalue weighted by Crippen LogP contribution is 2.33. The Morgan fingerprint density at radius 2 is 1.70 bits per heavy atom. The molecule has 2 aromatic carbocycles. The number of halogens is 3. The molecule has 0 amide bonds. The molecule has 0 aliphatic carbocycles. The topological polar surface area (TPSA) is 70.4 Å². The first-order valence-corrected chi connectivity index (χ1v) is 11.8. The van der Waals surface area contributed by atoms with Crippen LogP contribution in [0.1, 0.15) is 11.1 Å². The second-order valence-electron chi connectivity index (χ2n) is 7.12. The first-order chi connectivity index (χ1) is 15.9. The Kier molecular flexibility index (Phi) is 7.48. The first-order valence-electron chi connectivity index (χ1n) is 9.93. The molecule has 0 unspecified atom stereocenters. The van der Waals surface area contributed by atoms with Gasteiger partial charge < -0.3 is 19.5 Å². The lowest BCUT2D eigenvalue weighted by Gasteiger charge is -2.15. The fourth-order valence-corrected chi connectivity index (χ4v) is 4.52. The largest absolute Gasteiger partial charge is 0.497 e. The van der Waals surface area contributed by atoms with Gasteiger partial charge in [-0.05, 0) is 46.4 Å². The van der Waals surface area contributed by atoms with Gasteiger partial charge in [-0.3, -0.25) is 0 Å². The smallest absolute Gasteiger partial charge is 0.144 e. The van der Waals surface area contributed by atoms with Crippen LogP contribution in [0.4, 0.5) is 0 Å². The van der Waals surface area contributed by atoms with Gasteiger partial charge in [0, 0.05) is 42.0 Å². The van der Waals surface area contributed by atoms with Crippen LogP contribution in [0.3, 0.4) is 0 Å². The summed E-state index contributed by atoms with van der Waals surface area (Å²) in [6.45, 7) is 1.14. The van der Waals surface area contributed by atoms with Crippen LogP contribution in [0.15, 0.2) is 42.6 Å². The molecule has 10 heteroatoms. The molecule has 7 nitrogen and oxygen atoms in total.